The quantitative estimate of drug-likeness (QED) is 0.746. The van der Waals surface area contributed by atoms with E-state index in [4.69, 9.17) is 28.3 Å². The summed E-state index contributed by atoms with van der Waals surface area (Å²) in [7, 11) is 0. The van der Waals surface area contributed by atoms with Crippen molar-refractivity contribution in [3.63, 3.8) is 0 Å². The summed E-state index contributed by atoms with van der Waals surface area (Å²) < 4.78 is 0. The number of carboxylic acid groups (broad SMARTS) is 1. The van der Waals surface area contributed by atoms with Crippen LogP contribution in [0, 0.1) is 5.92 Å². The highest BCUT2D eigenvalue weighted by atomic mass is 35.5. The van der Waals surface area contributed by atoms with Gasteiger partial charge in [-0.1, -0.05) is 23.2 Å². The van der Waals surface area contributed by atoms with Crippen LogP contribution >= 0.6 is 23.2 Å². The normalized spacial score (nSPS) is 16.5. The number of nitrogens with one attached hydrogen (secondary N) is 1. The second-order valence-corrected chi connectivity index (χ2v) is 7.01. The van der Waals surface area contributed by atoms with Gasteiger partial charge in [0.2, 0.25) is 11.8 Å². The van der Waals surface area contributed by atoms with Crippen molar-refractivity contribution in [1.82, 2.24) is 10.2 Å². The van der Waals surface area contributed by atoms with Gasteiger partial charge in [-0.05, 0) is 49.6 Å². The maximum Gasteiger partial charge on any atom is 0.325 e. The molecular formula is C18H20Cl2N2O4. The van der Waals surface area contributed by atoms with Crippen LogP contribution in [-0.4, -0.2) is 46.9 Å². The standard InChI is InChI=1S/C18H20Cl2N2O4/c1-11(18(25)26)21-17(24)12-6-8-22(9-7-12)16(23)5-2-13-10-14(19)3-4-15(13)20/h2-5,10-12H,6-9H2,1H3,(H,21,24)(H,25,26)/b5-2+. The maximum absolute atomic E-state index is 12.3. The molecule has 8 heteroatoms. The van der Waals surface area contributed by atoms with E-state index in [2.05, 4.69) is 5.32 Å². The SMILES string of the molecule is CC(NC(=O)C1CCN(C(=O)/C=C/c2cc(Cl)ccc2Cl)CC1)C(=O)O. The van der Waals surface area contributed by atoms with Crippen molar-refractivity contribution < 1.29 is 19.5 Å². The Morgan fingerprint density at radius 2 is 1.92 bits per heavy atom. The van der Waals surface area contributed by atoms with Gasteiger partial charge >= 0.3 is 5.97 Å². The number of likely N-dealkylation sites (tertiary alicyclic amines) is 1. The van der Waals surface area contributed by atoms with Crippen LogP contribution in [0.3, 0.4) is 0 Å². The Bertz CT molecular complexity index is 728. The van der Waals surface area contributed by atoms with Crippen LogP contribution in [0.4, 0.5) is 0 Å². The predicted octanol–water partition coefficient (Wildman–Crippen LogP) is 2.83. The molecular weight excluding hydrogens is 379 g/mol. The van der Waals surface area contributed by atoms with E-state index in [0.29, 0.717) is 41.5 Å². The lowest BCUT2D eigenvalue weighted by Crippen LogP contribution is -2.46. The van der Waals surface area contributed by atoms with Gasteiger partial charge < -0.3 is 15.3 Å². The molecule has 0 aliphatic carbocycles. The number of carbonyl (C=O) groups is 3. The molecule has 1 fully saturated rings. The average molecular weight is 399 g/mol. The number of benzene rings is 1. The minimum absolute atomic E-state index is 0.168. The Labute approximate surface area is 161 Å². The lowest BCUT2D eigenvalue weighted by atomic mass is 9.95. The summed E-state index contributed by atoms with van der Waals surface area (Å²) in [5.74, 6) is -1.81. The number of amides is 2. The van der Waals surface area contributed by atoms with E-state index < -0.39 is 12.0 Å². The number of aliphatic carboxylic acids is 1. The van der Waals surface area contributed by atoms with Crippen molar-refractivity contribution >= 4 is 47.1 Å². The molecule has 1 atom stereocenters. The minimum Gasteiger partial charge on any atom is -0.480 e. The zero-order chi connectivity index (χ0) is 19.3. The summed E-state index contributed by atoms with van der Waals surface area (Å²) in [4.78, 5) is 36.8. The summed E-state index contributed by atoms with van der Waals surface area (Å²) in [6.45, 7) is 2.29. The van der Waals surface area contributed by atoms with Crippen LogP contribution < -0.4 is 5.32 Å². The van der Waals surface area contributed by atoms with Gasteiger partial charge in [-0.2, -0.15) is 0 Å². The fourth-order valence-corrected chi connectivity index (χ4v) is 3.02. The molecule has 0 aromatic heterocycles. The number of rotatable bonds is 5. The lowest BCUT2D eigenvalue weighted by molar-refractivity contribution is -0.142. The molecule has 1 aliphatic rings. The second kappa shape index (κ2) is 9.05. The zero-order valence-electron chi connectivity index (χ0n) is 14.2. The molecule has 1 aliphatic heterocycles. The fraction of sp³-hybridized carbons (Fsp3) is 0.389. The van der Waals surface area contributed by atoms with E-state index in [9.17, 15) is 14.4 Å². The summed E-state index contributed by atoms with van der Waals surface area (Å²) in [5, 5.41) is 12.3. The molecule has 2 amide bonds. The van der Waals surface area contributed by atoms with Crippen LogP contribution in [-0.2, 0) is 14.4 Å². The van der Waals surface area contributed by atoms with Crippen LogP contribution in [0.15, 0.2) is 24.3 Å². The molecule has 0 radical (unpaired) electrons. The Morgan fingerprint density at radius 3 is 2.54 bits per heavy atom. The number of nitrogens with zero attached hydrogens (tertiary/aromatic N) is 1. The Kier molecular flexibility index (Phi) is 7.06. The Balaban J connectivity index is 1.88. The van der Waals surface area contributed by atoms with E-state index in [1.54, 1.807) is 29.2 Å². The monoisotopic (exact) mass is 398 g/mol. The summed E-state index contributed by atoms with van der Waals surface area (Å²) >= 11 is 12.0. The highest BCUT2D eigenvalue weighted by Crippen LogP contribution is 2.22. The van der Waals surface area contributed by atoms with E-state index in [1.165, 1.54) is 13.0 Å². The maximum atomic E-state index is 12.3. The summed E-state index contributed by atoms with van der Waals surface area (Å²) in [6, 6.07) is 4.08. The predicted molar refractivity (Wildman–Crippen MR) is 100 cm³/mol. The minimum atomic E-state index is -1.07. The van der Waals surface area contributed by atoms with Crippen LogP contribution in [0.5, 0.6) is 0 Å². The molecule has 1 saturated heterocycles. The third-order valence-corrected chi connectivity index (χ3v) is 4.85. The molecule has 26 heavy (non-hydrogen) atoms. The molecule has 1 aromatic carbocycles. The van der Waals surface area contributed by atoms with Crippen molar-refractivity contribution in [1.29, 1.82) is 0 Å². The highest BCUT2D eigenvalue weighted by Gasteiger charge is 2.28. The third-order valence-electron chi connectivity index (χ3n) is 4.27. The smallest absolute Gasteiger partial charge is 0.325 e. The van der Waals surface area contributed by atoms with Gasteiger partial charge in [0, 0.05) is 35.1 Å². The summed E-state index contributed by atoms with van der Waals surface area (Å²) in [6.07, 6.45) is 4.04. The third kappa shape index (κ3) is 5.47. The second-order valence-electron chi connectivity index (χ2n) is 6.17. The van der Waals surface area contributed by atoms with Crippen LogP contribution in [0.2, 0.25) is 10.0 Å². The fourth-order valence-electron chi connectivity index (χ4n) is 2.66. The van der Waals surface area contributed by atoms with Gasteiger partial charge in [-0.25, -0.2) is 0 Å². The van der Waals surface area contributed by atoms with Crippen molar-refractivity contribution in [2.75, 3.05) is 13.1 Å². The van der Waals surface area contributed by atoms with E-state index in [0.717, 1.165) is 0 Å². The highest BCUT2D eigenvalue weighted by molar-refractivity contribution is 6.34. The number of halogens is 2. The van der Waals surface area contributed by atoms with Crippen molar-refractivity contribution in [2.24, 2.45) is 5.92 Å². The van der Waals surface area contributed by atoms with Gasteiger partial charge in [0.25, 0.3) is 0 Å². The lowest BCUT2D eigenvalue weighted by Gasteiger charge is -2.31. The van der Waals surface area contributed by atoms with Gasteiger partial charge in [-0.15, -0.1) is 0 Å². The number of hydrogen-bond acceptors (Lipinski definition) is 3. The molecule has 0 saturated carbocycles. The first-order valence-electron chi connectivity index (χ1n) is 8.23. The molecule has 140 valence electrons. The van der Waals surface area contributed by atoms with Gasteiger partial charge in [0.1, 0.15) is 6.04 Å². The molecule has 1 unspecified atom stereocenters. The van der Waals surface area contributed by atoms with Crippen molar-refractivity contribution in [2.45, 2.75) is 25.8 Å². The molecule has 1 heterocycles. The summed E-state index contributed by atoms with van der Waals surface area (Å²) in [5.41, 5.74) is 0.657. The topological polar surface area (TPSA) is 86.7 Å². The van der Waals surface area contributed by atoms with Crippen LogP contribution in [0.1, 0.15) is 25.3 Å². The molecule has 2 N–H and O–H groups in total. The van der Waals surface area contributed by atoms with E-state index in [1.807, 2.05) is 0 Å². The number of piperidine rings is 1. The van der Waals surface area contributed by atoms with Crippen LogP contribution in [0.25, 0.3) is 6.08 Å². The van der Waals surface area contributed by atoms with Crippen molar-refractivity contribution in [3.8, 4) is 0 Å². The largest absolute Gasteiger partial charge is 0.480 e. The molecule has 6 nitrogen and oxygen atoms in total. The molecule has 2 rings (SSSR count). The van der Waals surface area contributed by atoms with E-state index >= 15 is 0 Å². The number of carbonyl (C=O) groups excluding carboxylic acids is 2. The number of carboxylic acids is 1. The average Bonchev–Trinajstić information content (AvgIpc) is 2.62. The van der Waals surface area contributed by atoms with Gasteiger partial charge in [-0.3, -0.25) is 14.4 Å². The van der Waals surface area contributed by atoms with Gasteiger partial charge in [0.05, 0.1) is 0 Å². The first-order valence-corrected chi connectivity index (χ1v) is 8.98. The molecule has 1 aromatic rings. The first-order chi connectivity index (χ1) is 12.3. The van der Waals surface area contributed by atoms with Gasteiger partial charge in [0.15, 0.2) is 0 Å². The first kappa shape index (κ1) is 20.3. The zero-order valence-corrected chi connectivity index (χ0v) is 15.8. The number of hydrogen-bond donors (Lipinski definition) is 2. The Morgan fingerprint density at radius 1 is 1.27 bits per heavy atom. The van der Waals surface area contributed by atoms with E-state index in [-0.39, 0.29) is 17.7 Å². The molecule has 0 bridgehead atoms. The Hall–Kier alpha value is -2.05. The molecule has 0 spiro atoms. The van der Waals surface area contributed by atoms with Crippen molar-refractivity contribution in [3.05, 3.63) is 39.9 Å².